The molecule has 3 aromatic rings. The summed E-state index contributed by atoms with van der Waals surface area (Å²) in [5.41, 5.74) is 4.68. The zero-order valence-electron chi connectivity index (χ0n) is 15.2. The van der Waals surface area contributed by atoms with Crippen molar-refractivity contribution in [1.29, 1.82) is 0 Å². The van der Waals surface area contributed by atoms with Gasteiger partial charge in [-0.1, -0.05) is 18.2 Å². The standard InChI is InChI=1S/C21H21N3O2/c1-24(2)11-10-22-19-15-6-4-5-7-17(15)23-20-14-9-8-13(26-3)12-16(14)21(25)18(19)20/h4-9,12H,10-11H2,1-3H3,(H,22,23). The van der Waals surface area contributed by atoms with E-state index in [2.05, 4.69) is 10.2 Å². The van der Waals surface area contributed by atoms with E-state index in [0.29, 0.717) is 16.9 Å². The van der Waals surface area contributed by atoms with E-state index in [9.17, 15) is 4.79 Å². The minimum absolute atomic E-state index is 0.000457. The number of methoxy groups -OCH3 is 1. The molecule has 5 heteroatoms. The quantitative estimate of drug-likeness (QED) is 0.599. The first-order valence-corrected chi connectivity index (χ1v) is 8.64. The highest BCUT2D eigenvalue weighted by molar-refractivity contribution is 6.26. The molecule has 0 amide bonds. The molecule has 1 aliphatic rings. The number of benzene rings is 2. The van der Waals surface area contributed by atoms with Crippen LogP contribution < -0.4 is 10.1 Å². The smallest absolute Gasteiger partial charge is 0.198 e. The molecule has 4 rings (SSSR count). The second kappa shape index (κ2) is 6.42. The third kappa shape index (κ3) is 2.61. The lowest BCUT2D eigenvalue weighted by atomic mass is 10.0. The zero-order valence-corrected chi connectivity index (χ0v) is 15.2. The number of anilines is 1. The lowest BCUT2D eigenvalue weighted by molar-refractivity contribution is 0.104. The number of ketones is 1. The molecule has 132 valence electrons. The van der Waals surface area contributed by atoms with E-state index < -0.39 is 0 Å². The summed E-state index contributed by atoms with van der Waals surface area (Å²) in [6.07, 6.45) is 0. The van der Waals surface area contributed by atoms with Crippen LogP contribution in [0, 0.1) is 0 Å². The molecular weight excluding hydrogens is 326 g/mol. The van der Waals surface area contributed by atoms with Crippen LogP contribution in [0.25, 0.3) is 22.2 Å². The van der Waals surface area contributed by atoms with Gasteiger partial charge in [0, 0.05) is 29.6 Å². The minimum atomic E-state index is -0.000457. The van der Waals surface area contributed by atoms with Crippen molar-refractivity contribution < 1.29 is 9.53 Å². The molecule has 26 heavy (non-hydrogen) atoms. The van der Waals surface area contributed by atoms with Crippen LogP contribution in [0.2, 0.25) is 0 Å². The van der Waals surface area contributed by atoms with Gasteiger partial charge in [-0.3, -0.25) is 4.79 Å². The molecule has 1 aromatic heterocycles. The summed E-state index contributed by atoms with van der Waals surface area (Å²) in [6.45, 7) is 1.63. The Kier molecular flexibility index (Phi) is 4.09. The second-order valence-electron chi connectivity index (χ2n) is 6.70. The molecule has 5 nitrogen and oxygen atoms in total. The minimum Gasteiger partial charge on any atom is -0.497 e. The number of carbonyl (C=O) groups excluding carboxylic acids is 1. The number of pyridine rings is 1. The molecule has 2 aromatic carbocycles. The van der Waals surface area contributed by atoms with E-state index in [4.69, 9.17) is 9.72 Å². The highest BCUT2D eigenvalue weighted by Crippen LogP contribution is 2.43. The Labute approximate surface area is 152 Å². The van der Waals surface area contributed by atoms with Crippen molar-refractivity contribution in [2.24, 2.45) is 0 Å². The number of hydrogen-bond donors (Lipinski definition) is 1. The first-order chi connectivity index (χ1) is 12.6. The van der Waals surface area contributed by atoms with Crippen molar-refractivity contribution in [1.82, 2.24) is 9.88 Å². The van der Waals surface area contributed by atoms with Gasteiger partial charge in [0.15, 0.2) is 5.78 Å². The van der Waals surface area contributed by atoms with Crippen LogP contribution in [0.4, 0.5) is 5.69 Å². The monoisotopic (exact) mass is 347 g/mol. The molecule has 1 aliphatic carbocycles. The Morgan fingerprint density at radius 1 is 1.12 bits per heavy atom. The molecule has 0 radical (unpaired) electrons. The fourth-order valence-corrected chi connectivity index (χ4v) is 3.40. The van der Waals surface area contributed by atoms with Crippen molar-refractivity contribution in [3.63, 3.8) is 0 Å². The van der Waals surface area contributed by atoms with E-state index in [0.717, 1.165) is 40.9 Å². The number of likely N-dealkylation sites (N-methyl/N-ethyl adjacent to an activating group) is 1. The van der Waals surface area contributed by atoms with Gasteiger partial charge >= 0.3 is 0 Å². The molecule has 1 heterocycles. The summed E-state index contributed by atoms with van der Waals surface area (Å²) in [6, 6.07) is 13.5. The molecule has 0 spiro atoms. The number of ether oxygens (including phenoxy) is 1. The van der Waals surface area contributed by atoms with E-state index in [1.807, 2.05) is 50.5 Å². The van der Waals surface area contributed by atoms with Gasteiger partial charge in [0.05, 0.1) is 29.6 Å². The number of nitrogens with zero attached hydrogens (tertiary/aromatic N) is 2. The van der Waals surface area contributed by atoms with Crippen LogP contribution in [-0.2, 0) is 0 Å². The average Bonchev–Trinajstić information content (AvgIpc) is 2.92. The van der Waals surface area contributed by atoms with Crippen LogP contribution in [0.5, 0.6) is 5.75 Å². The van der Waals surface area contributed by atoms with E-state index in [1.165, 1.54) is 0 Å². The van der Waals surface area contributed by atoms with Crippen LogP contribution in [0.15, 0.2) is 42.5 Å². The lowest BCUT2D eigenvalue weighted by Gasteiger charge is -2.16. The van der Waals surface area contributed by atoms with Crippen LogP contribution >= 0.6 is 0 Å². The van der Waals surface area contributed by atoms with Crippen LogP contribution in [-0.4, -0.2) is 50.0 Å². The molecule has 1 N–H and O–H groups in total. The van der Waals surface area contributed by atoms with Gasteiger partial charge in [-0.05, 0) is 38.4 Å². The van der Waals surface area contributed by atoms with Gasteiger partial charge in [-0.25, -0.2) is 4.98 Å². The normalized spacial score (nSPS) is 12.4. The first-order valence-electron chi connectivity index (χ1n) is 8.64. The lowest BCUT2D eigenvalue weighted by Crippen LogP contribution is -2.21. The van der Waals surface area contributed by atoms with E-state index in [-0.39, 0.29) is 5.78 Å². The van der Waals surface area contributed by atoms with Crippen LogP contribution in [0.1, 0.15) is 15.9 Å². The van der Waals surface area contributed by atoms with Crippen molar-refractivity contribution >= 4 is 22.4 Å². The average molecular weight is 347 g/mol. The van der Waals surface area contributed by atoms with Gasteiger partial charge in [0.1, 0.15) is 5.75 Å². The summed E-state index contributed by atoms with van der Waals surface area (Å²) in [4.78, 5) is 20.1. The van der Waals surface area contributed by atoms with Crippen LogP contribution in [0.3, 0.4) is 0 Å². The molecular formula is C21H21N3O2. The SMILES string of the molecule is COc1ccc2c(c1)C(=O)c1c-2nc2ccccc2c1NCCN(C)C. The predicted octanol–water partition coefficient (Wildman–Crippen LogP) is 3.43. The second-order valence-corrected chi connectivity index (χ2v) is 6.70. The van der Waals surface area contributed by atoms with E-state index >= 15 is 0 Å². The Morgan fingerprint density at radius 3 is 2.69 bits per heavy atom. The highest BCUT2D eigenvalue weighted by atomic mass is 16.5. The number of para-hydroxylation sites is 1. The Hall–Kier alpha value is -2.92. The molecule has 0 saturated carbocycles. The number of rotatable bonds is 5. The maximum atomic E-state index is 13.2. The largest absolute Gasteiger partial charge is 0.497 e. The Bertz CT molecular complexity index is 1010. The third-order valence-corrected chi connectivity index (χ3v) is 4.71. The molecule has 0 unspecified atom stereocenters. The van der Waals surface area contributed by atoms with Gasteiger partial charge in [-0.2, -0.15) is 0 Å². The number of fused-ring (bicyclic) bond motifs is 4. The molecule has 0 aliphatic heterocycles. The predicted molar refractivity (Wildman–Crippen MR) is 104 cm³/mol. The van der Waals surface area contributed by atoms with Crippen molar-refractivity contribution in [2.75, 3.05) is 39.6 Å². The van der Waals surface area contributed by atoms with Crippen molar-refractivity contribution in [3.8, 4) is 17.0 Å². The number of hydrogen-bond acceptors (Lipinski definition) is 5. The number of nitrogens with one attached hydrogen (secondary N) is 1. The van der Waals surface area contributed by atoms with Crippen molar-refractivity contribution in [2.45, 2.75) is 0 Å². The topological polar surface area (TPSA) is 54.5 Å². The highest BCUT2D eigenvalue weighted by Gasteiger charge is 2.32. The fraction of sp³-hybridized carbons (Fsp3) is 0.238. The summed E-state index contributed by atoms with van der Waals surface area (Å²) < 4.78 is 5.29. The first kappa shape index (κ1) is 16.5. The Balaban J connectivity index is 1.90. The summed E-state index contributed by atoms with van der Waals surface area (Å²) in [5.74, 6) is 0.677. The molecule has 0 bridgehead atoms. The van der Waals surface area contributed by atoms with Gasteiger partial charge < -0.3 is 15.0 Å². The fourth-order valence-electron chi connectivity index (χ4n) is 3.40. The summed E-state index contributed by atoms with van der Waals surface area (Å²) in [5, 5.41) is 4.45. The number of aromatic nitrogens is 1. The van der Waals surface area contributed by atoms with Gasteiger partial charge in [0.25, 0.3) is 0 Å². The van der Waals surface area contributed by atoms with E-state index in [1.54, 1.807) is 13.2 Å². The molecule has 0 fully saturated rings. The third-order valence-electron chi connectivity index (χ3n) is 4.71. The van der Waals surface area contributed by atoms with Gasteiger partial charge in [0.2, 0.25) is 0 Å². The summed E-state index contributed by atoms with van der Waals surface area (Å²) >= 11 is 0. The summed E-state index contributed by atoms with van der Waals surface area (Å²) in [7, 11) is 5.67. The van der Waals surface area contributed by atoms with Crippen molar-refractivity contribution in [3.05, 3.63) is 53.6 Å². The Morgan fingerprint density at radius 2 is 1.92 bits per heavy atom. The number of carbonyl (C=O) groups is 1. The van der Waals surface area contributed by atoms with Gasteiger partial charge in [-0.15, -0.1) is 0 Å². The zero-order chi connectivity index (χ0) is 18.3. The maximum Gasteiger partial charge on any atom is 0.198 e. The molecule has 0 atom stereocenters. The molecule has 0 saturated heterocycles. The maximum absolute atomic E-state index is 13.2.